The van der Waals surface area contributed by atoms with Crippen LogP contribution in [0.1, 0.15) is 31.2 Å². The molecule has 1 N–H and O–H groups in total. The smallest absolute Gasteiger partial charge is 0.306 e. The fourth-order valence-corrected chi connectivity index (χ4v) is 7.09. The second-order valence-electron chi connectivity index (χ2n) is 10.4. The number of aliphatic carboxylic acids is 1. The summed E-state index contributed by atoms with van der Waals surface area (Å²) >= 11 is 6.15. The Balaban J connectivity index is 1.44. The topological polar surface area (TPSA) is 104 Å². The molecule has 0 radical (unpaired) electrons. The summed E-state index contributed by atoms with van der Waals surface area (Å²) in [5, 5.41) is 9.67. The van der Waals surface area contributed by atoms with Gasteiger partial charge in [0.2, 0.25) is 5.91 Å². The molecular weight excluding hydrogens is 571 g/mol. The molecule has 2 aliphatic heterocycles. The minimum Gasteiger partial charge on any atom is -0.483 e. The largest absolute Gasteiger partial charge is 0.483 e. The third-order valence-electron chi connectivity index (χ3n) is 7.56. The summed E-state index contributed by atoms with van der Waals surface area (Å²) < 4.78 is 50.6. The number of aryl methyl sites for hydroxylation is 1. The average Bonchev–Trinajstić information content (AvgIpc) is 2.95. The lowest BCUT2D eigenvalue weighted by Gasteiger charge is -2.36. The van der Waals surface area contributed by atoms with Gasteiger partial charge in [-0.1, -0.05) is 35.9 Å². The van der Waals surface area contributed by atoms with Crippen LogP contribution < -0.4 is 9.04 Å². The zero-order valence-electron chi connectivity index (χ0n) is 22.4. The minimum absolute atomic E-state index is 0.0539. The van der Waals surface area contributed by atoms with Gasteiger partial charge in [0.05, 0.1) is 23.0 Å². The van der Waals surface area contributed by atoms with Crippen LogP contribution in [0.4, 0.5) is 10.1 Å². The van der Waals surface area contributed by atoms with Gasteiger partial charge < -0.3 is 14.7 Å². The van der Waals surface area contributed by atoms with Gasteiger partial charge in [-0.15, -0.1) is 0 Å². The maximum Gasteiger partial charge on any atom is 0.306 e. The van der Waals surface area contributed by atoms with Gasteiger partial charge in [-0.05, 0) is 79.3 Å². The van der Waals surface area contributed by atoms with Crippen LogP contribution in [-0.2, 0) is 19.6 Å². The molecule has 8 nitrogen and oxygen atoms in total. The van der Waals surface area contributed by atoms with E-state index in [1.54, 1.807) is 60.4 Å². The number of hydrogen-bond donors (Lipinski definition) is 1. The predicted octanol–water partition coefficient (Wildman–Crippen LogP) is 5.51. The standard InChI is InChI=1S/C30H30ClFN2O6S/c1-19-4-2-7-25(14-19)41(38,39)34-18-24(8-9-28(35)33-12-10-20(11-13-33)30(36)37)40-29-26(32)16-22(17-27(29)34)21-5-3-6-23(31)15-21/h2-7,14-17,20,24H,8-13,18H2,1H3,(H,36,37)/t24-/m0/s1. The van der Waals surface area contributed by atoms with Crippen molar-refractivity contribution in [2.24, 2.45) is 5.92 Å². The lowest BCUT2D eigenvalue weighted by Crippen LogP contribution is -2.45. The first-order valence-electron chi connectivity index (χ1n) is 13.4. The van der Waals surface area contributed by atoms with Crippen LogP contribution in [-0.4, -0.2) is 56.0 Å². The molecule has 1 fully saturated rings. The van der Waals surface area contributed by atoms with Crippen molar-refractivity contribution in [3.05, 3.63) is 77.1 Å². The number of fused-ring (bicyclic) bond motifs is 1. The molecule has 0 aromatic heterocycles. The van der Waals surface area contributed by atoms with Crippen molar-refractivity contribution in [3.8, 4) is 16.9 Å². The van der Waals surface area contributed by atoms with Crippen LogP contribution in [0.5, 0.6) is 5.75 Å². The number of likely N-dealkylation sites (tertiary alicyclic amines) is 1. The molecule has 0 unspecified atom stereocenters. The van der Waals surface area contributed by atoms with Gasteiger partial charge in [0.25, 0.3) is 10.0 Å². The van der Waals surface area contributed by atoms with Crippen molar-refractivity contribution in [1.82, 2.24) is 4.90 Å². The highest BCUT2D eigenvalue weighted by Gasteiger charge is 2.37. The van der Waals surface area contributed by atoms with Crippen molar-refractivity contribution in [2.45, 2.75) is 43.6 Å². The molecular formula is C30H30ClFN2O6S. The second-order valence-corrected chi connectivity index (χ2v) is 12.7. The fraction of sp³-hybridized carbons (Fsp3) is 0.333. The number of anilines is 1. The highest BCUT2D eigenvalue weighted by Crippen LogP contribution is 2.43. The van der Waals surface area contributed by atoms with Crippen molar-refractivity contribution < 1.29 is 32.2 Å². The van der Waals surface area contributed by atoms with Gasteiger partial charge in [-0.25, -0.2) is 12.8 Å². The average molecular weight is 601 g/mol. The first-order chi connectivity index (χ1) is 19.5. The summed E-state index contributed by atoms with van der Waals surface area (Å²) in [7, 11) is -4.12. The Bertz CT molecular complexity index is 1590. The first kappa shape index (κ1) is 28.9. The van der Waals surface area contributed by atoms with Gasteiger partial charge in [0.15, 0.2) is 11.6 Å². The molecule has 2 heterocycles. The Morgan fingerprint density at radius 1 is 1.05 bits per heavy atom. The molecule has 3 aromatic rings. The third kappa shape index (κ3) is 6.18. The number of rotatable bonds is 7. The molecule has 0 spiro atoms. The number of sulfonamides is 1. The maximum atomic E-state index is 15.6. The number of carboxylic acids is 1. The maximum absolute atomic E-state index is 15.6. The molecule has 2 aliphatic rings. The van der Waals surface area contributed by atoms with Gasteiger partial charge in [-0.3, -0.25) is 13.9 Å². The van der Waals surface area contributed by atoms with E-state index in [0.29, 0.717) is 42.1 Å². The summed E-state index contributed by atoms with van der Waals surface area (Å²) in [5.41, 5.74) is 1.88. The highest BCUT2D eigenvalue weighted by atomic mass is 35.5. The van der Waals surface area contributed by atoms with Crippen molar-refractivity contribution in [3.63, 3.8) is 0 Å². The van der Waals surface area contributed by atoms with E-state index in [1.807, 2.05) is 0 Å². The van der Waals surface area contributed by atoms with Crippen LogP contribution in [0.3, 0.4) is 0 Å². The summed E-state index contributed by atoms with van der Waals surface area (Å²) in [6.07, 6.45) is 0.202. The quantitative estimate of drug-likeness (QED) is 0.383. The zero-order chi connectivity index (χ0) is 29.3. The molecule has 1 amide bonds. The molecule has 0 aliphatic carbocycles. The van der Waals surface area contributed by atoms with Gasteiger partial charge >= 0.3 is 5.97 Å². The Labute approximate surface area is 243 Å². The zero-order valence-corrected chi connectivity index (χ0v) is 24.0. The van der Waals surface area contributed by atoms with Crippen molar-refractivity contribution in [2.75, 3.05) is 23.9 Å². The number of halogens is 2. The van der Waals surface area contributed by atoms with E-state index in [4.69, 9.17) is 16.3 Å². The predicted molar refractivity (Wildman–Crippen MR) is 153 cm³/mol. The molecule has 216 valence electrons. The van der Waals surface area contributed by atoms with E-state index in [0.717, 1.165) is 9.87 Å². The van der Waals surface area contributed by atoms with Crippen LogP contribution in [0.15, 0.2) is 65.6 Å². The fourth-order valence-electron chi connectivity index (χ4n) is 5.30. The van der Waals surface area contributed by atoms with E-state index in [1.165, 1.54) is 12.1 Å². The van der Waals surface area contributed by atoms with Crippen LogP contribution >= 0.6 is 11.6 Å². The van der Waals surface area contributed by atoms with E-state index in [2.05, 4.69) is 0 Å². The summed E-state index contributed by atoms with van der Waals surface area (Å²) in [6, 6.07) is 16.2. The second kappa shape index (κ2) is 11.7. The van der Waals surface area contributed by atoms with E-state index in [9.17, 15) is 23.1 Å². The molecule has 3 aromatic carbocycles. The highest BCUT2D eigenvalue weighted by molar-refractivity contribution is 7.92. The van der Waals surface area contributed by atoms with Crippen LogP contribution in [0.25, 0.3) is 11.1 Å². The van der Waals surface area contributed by atoms with E-state index < -0.39 is 33.8 Å². The monoisotopic (exact) mass is 600 g/mol. The van der Waals surface area contributed by atoms with Gasteiger partial charge in [0.1, 0.15) is 6.10 Å². The van der Waals surface area contributed by atoms with Crippen LogP contribution in [0, 0.1) is 18.7 Å². The van der Waals surface area contributed by atoms with Crippen molar-refractivity contribution >= 4 is 39.2 Å². The molecule has 1 saturated heterocycles. The van der Waals surface area contributed by atoms with Crippen molar-refractivity contribution in [1.29, 1.82) is 0 Å². The third-order valence-corrected chi connectivity index (χ3v) is 9.57. The molecule has 41 heavy (non-hydrogen) atoms. The van der Waals surface area contributed by atoms with Gasteiger partial charge in [0, 0.05) is 24.5 Å². The Hall–Kier alpha value is -3.63. The van der Waals surface area contributed by atoms with E-state index in [-0.39, 0.29) is 41.6 Å². The summed E-state index contributed by atoms with van der Waals surface area (Å²) in [6.45, 7) is 2.37. The Kier molecular flexibility index (Phi) is 8.24. The molecule has 11 heteroatoms. The lowest BCUT2D eigenvalue weighted by molar-refractivity contribution is -0.145. The number of carbonyl (C=O) groups excluding carboxylic acids is 1. The van der Waals surface area contributed by atoms with E-state index >= 15 is 4.39 Å². The SMILES string of the molecule is Cc1cccc(S(=O)(=O)N2C[C@H](CCC(=O)N3CCC(C(=O)O)CC3)Oc3c(F)cc(-c4cccc(Cl)c4)cc32)c1. The minimum atomic E-state index is -4.12. The number of carboxylic acid groups (broad SMARTS) is 1. The van der Waals surface area contributed by atoms with Crippen LogP contribution in [0.2, 0.25) is 5.02 Å². The van der Waals surface area contributed by atoms with Gasteiger partial charge in [-0.2, -0.15) is 0 Å². The molecule has 5 rings (SSSR count). The number of amides is 1. The number of hydrogen-bond acceptors (Lipinski definition) is 5. The molecule has 0 saturated carbocycles. The normalized spacial score (nSPS) is 17.6. The lowest BCUT2D eigenvalue weighted by atomic mass is 9.97. The number of carbonyl (C=O) groups is 2. The first-order valence-corrected chi connectivity index (χ1v) is 15.2. The number of piperidine rings is 1. The Morgan fingerprint density at radius 3 is 2.46 bits per heavy atom. The Morgan fingerprint density at radius 2 is 1.78 bits per heavy atom. The summed E-state index contributed by atoms with van der Waals surface area (Å²) in [5.74, 6) is -2.42. The number of benzene rings is 3. The summed E-state index contributed by atoms with van der Waals surface area (Å²) in [4.78, 5) is 25.8. The molecule has 0 bridgehead atoms. The number of nitrogens with zero attached hydrogens (tertiary/aromatic N) is 2. The number of ether oxygens (including phenoxy) is 1. The molecule has 1 atom stereocenters.